The Kier molecular flexibility index (Phi) is 11.7. The van der Waals surface area contributed by atoms with Crippen molar-refractivity contribution in [2.75, 3.05) is 27.2 Å². The summed E-state index contributed by atoms with van der Waals surface area (Å²) >= 11 is 7.65. The number of rotatable bonds is 2. The second-order valence-corrected chi connectivity index (χ2v) is 3.15. The van der Waals surface area contributed by atoms with E-state index in [0.29, 0.717) is 0 Å². The molecule has 0 heterocycles. The van der Waals surface area contributed by atoms with Crippen molar-refractivity contribution in [3.05, 3.63) is 0 Å². The van der Waals surface area contributed by atoms with E-state index in [0.717, 1.165) is 13.1 Å². The molecule has 5 heteroatoms. The quantitative estimate of drug-likeness (QED) is 0.403. The van der Waals surface area contributed by atoms with Crippen molar-refractivity contribution in [1.82, 2.24) is 4.90 Å². The molecular formula is C5H15N3S2. The summed E-state index contributed by atoms with van der Waals surface area (Å²) in [6.07, 6.45) is 0. The zero-order valence-electron chi connectivity index (χ0n) is 6.37. The van der Waals surface area contributed by atoms with Gasteiger partial charge in [0.2, 0.25) is 0 Å². The Morgan fingerprint density at radius 3 is 1.90 bits per heavy atom. The number of nitrogens with two attached hydrogens (primary N) is 2. The van der Waals surface area contributed by atoms with Gasteiger partial charge in [0.15, 0.2) is 0 Å². The van der Waals surface area contributed by atoms with Gasteiger partial charge in [-0.25, -0.2) is 0 Å². The number of hydrogen-bond acceptors (Lipinski definition) is 3. The lowest BCUT2D eigenvalue weighted by Gasteiger charge is -2.03. The highest BCUT2D eigenvalue weighted by Crippen LogP contribution is 1.64. The van der Waals surface area contributed by atoms with Crippen molar-refractivity contribution in [3.63, 3.8) is 0 Å². The highest BCUT2D eigenvalue weighted by atomic mass is 32.1. The van der Waals surface area contributed by atoms with Crippen LogP contribution in [0.2, 0.25) is 0 Å². The highest BCUT2D eigenvalue weighted by molar-refractivity contribution is 8.10. The molecule has 0 aromatic carbocycles. The summed E-state index contributed by atoms with van der Waals surface area (Å²) in [6, 6.07) is 0. The molecule has 0 radical (unpaired) electrons. The molecule has 0 bridgehead atoms. The van der Waals surface area contributed by atoms with Gasteiger partial charge in [0.1, 0.15) is 4.32 Å². The fourth-order valence-corrected chi connectivity index (χ4v) is 0.258. The van der Waals surface area contributed by atoms with E-state index in [1.54, 1.807) is 0 Å². The van der Waals surface area contributed by atoms with Crippen LogP contribution in [0.3, 0.4) is 0 Å². The van der Waals surface area contributed by atoms with Crippen LogP contribution in [0.1, 0.15) is 0 Å². The lowest BCUT2D eigenvalue weighted by atomic mass is 10.6. The van der Waals surface area contributed by atoms with Crippen LogP contribution in [-0.4, -0.2) is 36.4 Å². The summed E-state index contributed by atoms with van der Waals surface area (Å²) in [5.41, 5.74) is 9.89. The smallest absolute Gasteiger partial charge is 0.128 e. The zero-order chi connectivity index (χ0) is 8.57. The molecule has 62 valence electrons. The van der Waals surface area contributed by atoms with Gasteiger partial charge in [-0.3, -0.25) is 0 Å². The lowest BCUT2D eigenvalue weighted by molar-refractivity contribution is 0.420. The zero-order valence-corrected chi connectivity index (χ0v) is 8.08. The fraction of sp³-hybridized carbons (Fsp3) is 0.800. The van der Waals surface area contributed by atoms with Gasteiger partial charge in [-0.2, -0.15) is 0 Å². The lowest BCUT2D eigenvalue weighted by Crippen LogP contribution is -2.20. The largest absolute Gasteiger partial charge is 0.385 e. The molecule has 4 N–H and O–H groups in total. The summed E-state index contributed by atoms with van der Waals surface area (Å²) in [5, 5.41) is 0. The van der Waals surface area contributed by atoms with E-state index in [2.05, 4.69) is 29.7 Å². The predicted octanol–water partition coefficient (Wildman–Crippen LogP) is -0.333. The Morgan fingerprint density at radius 2 is 1.90 bits per heavy atom. The molecule has 3 nitrogen and oxygen atoms in total. The van der Waals surface area contributed by atoms with Crippen LogP contribution >= 0.6 is 24.8 Å². The molecule has 0 amide bonds. The maximum Gasteiger partial charge on any atom is 0.128 e. The molecule has 0 aromatic rings. The number of nitrogens with zero attached hydrogens (tertiary/aromatic N) is 1. The van der Waals surface area contributed by atoms with Crippen molar-refractivity contribution in [2.45, 2.75) is 0 Å². The summed E-state index contributed by atoms with van der Waals surface area (Å²) in [7, 11) is 4.01. The number of thiocarbonyl (C=S) groups is 1. The molecule has 0 aliphatic carbocycles. The van der Waals surface area contributed by atoms with Gasteiger partial charge in [-0.1, -0.05) is 12.2 Å². The van der Waals surface area contributed by atoms with Crippen LogP contribution in [0.4, 0.5) is 0 Å². The summed E-state index contributed by atoms with van der Waals surface area (Å²) in [6.45, 7) is 1.74. The predicted molar refractivity (Wildman–Crippen MR) is 53.4 cm³/mol. The first-order valence-electron chi connectivity index (χ1n) is 2.84. The molecule has 0 saturated heterocycles. The molecule has 0 saturated carbocycles. The van der Waals surface area contributed by atoms with Gasteiger partial charge < -0.3 is 16.4 Å². The first-order chi connectivity index (χ1) is 4.50. The molecule has 0 aliphatic rings. The molecule has 0 rings (SSSR count). The Bertz CT molecular complexity index is 81.0. The van der Waals surface area contributed by atoms with Crippen molar-refractivity contribution < 1.29 is 0 Å². The molecule has 10 heavy (non-hydrogen) atoms. The molecule has 0 aromatic heterocycles. The van der Waals surface area contributed by atoms with Crippen molar-refractivity contribution >= 4 is 29.2 Å². The molecule has 0 atom stereocenters. The van der Waals surface area contributed by atoms with Gasteiger partial charge in [0, 0.05) is 13.1 Å². The van der Waals surface area contributed by atoms with E-state index in [4.69, 9.17) is 11.5 Å². The van der Waals surface area contributed by atoms with Crippen LogP contribution in [0, 0.1) is 0 Å². The number of thiol groups is 1. The SMILES string of the molecule is CN(C)CCN.NC(=S)S. The standard InChI is InChI=1S/C4H12N2.CH3NS2/c1-6(2)4-3-5;2-1(3)4/h3-5H2,1-2H3;(H3,2,3,4). The first-order valence-corrected chi connectivity index (χ1v) is 3.69. The Balaban J connectivity index is 0. The van der Waals surface area contributed by atoms with E-state index in [1.165, 1.54) is 0 Å². The van der Waals surface area contributed by atoms with Crippen LogP contribution in [0.15, 0.2) is 0 Å². The van der Waals surface area contributed by atoms with E-state index in [-0.39, 0.29) is 4.32 Å². The normalized spacial score (nSPS) is 8.50. The molecule has 0 unspecified atom stereocenters. The minimum absolute atomic E-state index is 0.194. The van der Waals surface area contributed by atoms with Crippen LogP contribution in [0.5, 0.6) is 0 Å². The van der Waals surface area contributed by atoms with Crippen molar-refractivity contribution in [3.8, 4) is 0 Å². The van der Waals surface area contributed by atoms with E-state index in [9.17, 15) is 0 Å². The van der Waals surface area contributed by atoms with Gasteiger partial charge in [-0.05, 0) is 14.1 Å². The average molecular weight is 181 g/mol. The monoisotopic (exact) mass is 181 g/mol. The highest BCUT2D eigenvalue weighted by Gasteiger charge is 1.79. The molecule has 0 fully saturated rings. The van der Waals surface area contributed by atoms with Crippen molar-refractivity contribution in [1.29, 1.82) is 0 Å². The maximum absolute atomic E-state index is 5.19. The number of likely N-dealkylation sites (N-methyl/N-ethyl adjacent to an activating group) is 1. The second kappa shape index (κ2) is 9.16. The van der Waals surface area contributed by atoms with Gasteiger partial charge in [0.05, 0.1) is 0 Å². The summed E-state index contributed by atoms with van der Waals surface area (Å²) in [5.74, 6) is 0. The van der Waals surface area contributed by atoms with E-state index >= 15 is 0 Å². The van der Waals surface area contributed by atoms with Gasteiger partial charge in [0.25, 0.3) is 0 Å². The summed E-state index contributed by atoms with van der Waals surface area (Å²) < 4.78 is 0.194. The molecular weight excluding hydrogens is 166 g/mol. The maximum atomic E-state index is 5.19. The van der Waals surface area contributed by atoms with E-state index in [1.807, 2.05) is 14.1 Å². The minimum atomic E-state index is 0.194. The van der Waals surface area contributed by atoms with Crippen LogP contribution in [-0.2, 0) is 0 Å². The van der Waals surface area contributed by atoms with Gasteiger partial charge >= 0.3 is 0 Å². The molecule has 0 aliphatic heterocycles. The third kappa shape index (κ3) is 41.9. The van der Waals surface area contributed by atoms with E-state index < -0.39 is 0 Å². The fourth-order valence-electron chi connectivity index (χ4n) is 0.258. The van der Waals surface area contributed by atoms with Crippen molar-refractivity contribution in [2.24, 2.45) is 11.5 Å². The third-order valence-corrected chi connectivity index (χ3v) is 0.576. The van der Waals surface area contributed by atoms with Crippen LogP contribution < -0.4 is 11.5 Å². The number of hydrogen-bond donors (Lipinski definition) is 3. The second-order valence-electron chi connectivity index (χ2n) is 1.93. The first kappa shape index (κ1) is 12.8. The Labute approximate surface area is 73.2 Å². The topological polar surface area (TPSA) is 55.3 Å². The molecule has 0 spiro atoms. The Hall–Kier alpha value is 0.160. The summed E-state index contributed by atoms with van der Waals surface area (Å²) in [4.78, 5) is 2.06. The minimum Gasteiger partial charge on any atom is -0.385 e. The Morgan fingerprint density at radius 1 is 1.60 bits per heavy atom. The van der Waals surface area contributed by atoms with Gasteiger partial charge in [-0.15, -0.1) is 12.6 Å². The van der Waals surface area contributed by atoms with Crippen LogP contribution in [0.25, 0.3) is 0 Å². The average Bonchev–Trinajstić information content (AvgIpc) is 1.62. The third-order valence-electron chi connectivity index (χ3n) is 0.576.